The topological polar surface area (TPSA) is 50.9 Å². The van der Waals surface area contributed by atoms with Crippen LogP contribution in [0.2, 0.25) is 0 Å². The highest BCUT2D eigenvalue weighted by Gasteiger charge is 2.21. The quantitative estimate of drug-likeness (QED) is 0.884. The maximum absolute atomic E-state index is 12.8. The molecule has 2 aromatic rings. The van der Waals surface area contributed by atoms with Gasteiger partial charge in [0.25, 0.3) is 6.43 Å². The molecule has 2 rings (SSSR count). The molecule has 0 aliphatic rings. The molecule has 0 bridgehead atoms. The molecular formula is C11H11F2N3O. The van der Waals surface area contributed by atoms with Gasteiger partial charge in [0, 0.05) is 0 Å². The Hall–Kier alpha value is -1.82. The van der Waals surface area contributed by atoms with E-state index in [4.69, 9.17) is 5.11 Å². The average Bonchev–Trinajstić information content (AvgIpc) is 2.73. The molecule has 0 aliphatic carbocycles. The Morgan fingerprint density at radius 2 is 1.94 bits per heavy atom. The Morgan fingerprint density at radius 1 is 1.24 bits per heavy atom. The second kappa shape index (κ2) is 5.01. The van der Waals surface area contributed by atoms with Gasteiger partial charge >= 0.3 is 0 Å². The second-order valence-electron chi connectivity index (χ2n) is 3.52. The number of hydrogen-bond donors (Lipinski definition) is 1. The fourth-order valence-electron chi connectivity index (χ4n) is 1.58. The lowest BCUT2D eigenvalue weighted by Gasteiger charge is -2.06. The molecule has 0 fully saturated rings. The van der Waals surface area contributed by atoms with Crippen molar-refractivity contribution in [3.63, 3.8) is 0 Å². The van der Waals surface area contributed by atoms with Crippen LogP contribution in [0.25, 0.3) is 0 Å². The molecule has 1 N–H and O–H groups in total. The van der Waals surface area contributed by atoms with E-state index in [1.807, 2.05) is 30.3 Å². The first-order valence-corrected chi connectivity index (χ1v) is 5.07. The average molecular weight is 239 g/mol. The van der Waals surface area contributed by atoms with Crippen LogP contribution in [0.5, 0.6) is 0 Å². The molecule has 1 aromatic heterocycles. The van der Waals surface area contributed by atoms with Crippen LogP contribution >= 0.6 is 0 Å². The summed E-state index contributed by atoms with van der Waals surface area (Å²) >= 11 is 0. The molecule has 0 radical (unpaired) electrons. The van der Waals surface area contributed by atoms with Crippen molar-refractivity contribution in [3.8, 4) is 0 Å². The highest BCUT2D eigenvalue weighted by Crippen LogP contribution is 2.22. The first-order chi connectivity index (χ1) is 8.22. The lowest BCUT2D eigenvalue weighted by molar-refractivity contribution is 0.135. The normalized spacial score (nSPS) is 11.1. The summed E-state index contributed by atoms with van der Waals surface area (Å²) in [5, 5.41) is 16.1. The minimum absolute atomic E-state index is 0.0732. The Kier molecular flexibility index (Phi) is 3.43. The monoisotopic (exact) mass is 239 g/mol. The van der Waals surface area contributed by atoms with Gasteiger partial charge in [0.1, 0.15) is 11.4 Å². The number of aliphatic hydroxyl groups excluding tert-OH is 1. The van der Waals surface area contributed by atoms with Crippen LogP contribution in [-0.4, -0.2) is 20.1 Å². The van der Waals surface area contributed by atoms with Gasteiger partial charge in [-0.25, -0.2) is 13.5 Å². The minimum Gasteiger partial charge on any atom is -0.390 e. The van der Waals surface area contributed by atoms with Gasteiger partial charge in [-0.15, -0.1) is 5.10 Å². The molecule has 1 aromatic carbocycles. The number of benzene rings is 1. The molecular weight excluding hydrogens is 228 g/mol. The molecule has 0 aliphatic heterocycles. The maximum Gasteiger partial charge on any atom is 0.282 e. The Bertz CT molecular complexity index is 485. The highest BCUT2D eigenvalue weighted by molar-refractivity contribution is 5.17. The van der Waals surface area contributed by atoms with Gasteiger partial charge in [0.2, 0.25) is 0 Å². The smallest absolute Gasteiger partial charge is 0.282 e. The molecule has 1 heterocycles. The third kappa shape index (κ3) is 2.47. The van der Waals surface area contributed by atoms with E-state index in [9.17, 15) is 8.78 Å². The van der Waals surface area contributed by atoms with Gasteiger partial charge in [0.05, 0.1) is 13.2 Å². The van der Waals surface area contributed by atoms with Crippen LogP contribution in [-0.2, 0) is 13.2 Å². The highest BCUT2D eigenvalue weighted by atomic mass is 19.3. The summed E-state index contributed by atoms with van der Waals surface area (Å²) in [6.45, 7) is -0.317. The number of aliphatic hydroxyl groups is 1. The SMILES string of the molecule is OCc1nnn(Cc2ccccc2)c1C(F)F. The lowest BCUT2D eigenvalue weighted by Crippen LogP contribution is -2.08. The zero-order valence-corrected chi connectivity index (χ0v) is 8.92. The Morgan fingerprint density at radius 3 is 2.53 bits per heavy atom. The molecule has 4 nitrogen and oxygen atoms in total. The molecule has 0 atom stereocenters. The Balaban J connectivity index is 2.30. The zero-order chi connectivity index (χ0) is 12.3. The summed E-state index contributed by atoms with van der Waals surface area (Å²) in [5.74, 6) is 0. The number of hydrogen-bond acceptors (Lipinski definition) is 3. The third-order valence-electron chi connectivity index (χ3n) is 2.38. The van der Waals surface area contributed by atoms with Crippen LogP contribution in [0.1, 0.15) is 23.4 Å². The van der Waals surface area contributed by atoms with E-state index in [0.717, 1.165) is 10.2 Å². The zero-order valence-electron chi connectivity index (χ0n) is 8.92. The number of rotatable bonds is 4. The van der Waals surface area contributed by atoms with E-state index >= 15 is 0 Å². The van der Waals surface area contributed by atoms with Crippen molar-refractivity contribution in [3.05, 3.63) is 47.3 Å². The first-order valence-electron chi connectivity index (χ1n) is 5.07. The van der Waals surface area contributed by atoms with E-state index in [2.05, 4.69) is 10.3 Å². The minimum atomic E-state index is -2.70. The lowest BCUT2D eigenvalue weighted by atomic mass is 10.2. The molecule has 0 saturated carbocycles. The van der Waals surface area contributed by atoms with E-state index in [-0.39, 0.29) is 17.9 Å². The summed E-state index contributed by atoms with van der Waals surface area (Å²) in [6.07, 6.45) is -2.70. The fourth-order valence-corrected chi connectivity index (χ4v) is 1.58. The summed E-state index contributed by atoms with van der Waals surface area (Å²) in [7, 11) is 0. The predicted molar refractivity (Wildman–Crippen MR) is 56.4 cm³/mol. The number of aromatic nitrogens is 3. The van der Waals surface area contributed by atoms with Gasteiger partial charge in [-0.1, -0.05) is 35.5 Å². The number of nitrogens with zero attached hydrogens (tertiary/aromatic N) is 3. The van der Waals surface area contributed by atoms with Crippen molar-refractivity contribution in [1.82, 2.24) is 15.0 Å². The molecule has 0 amide bonds. The molecule has 0 saturated heterocycles. The van der Waals surface area contributed by atoms with Crippen LogP contribution in [0.15, 0.2) is 30.3 Å². The largest absolute Gasteiger partial charge is 0.390 e. The van der Waals surface area contributed by atoms with Crippen molar-refractivity contribution in [1.29, 1.82) is 0 Å². The van der Waals surface area contributed by atoms with Crippen molar-refractivity contribution < 1.29 is 13.9 Å². The van der Waals surface area contributed by atoms with Gasteiger partial charge < -0.3 is 5.11 Å². The van der Waals surface area contributed by atoms with Gasteiger partial charge in [0.15, 0.2) is 0 Å². The van der Waals surface area contributed by atoms with Crippen molar-refractivity contribution in [2.45, 2.75) is 19.6 Å². The maximum atomic E-state index is 12.8. The van der Waals surface area contributed by atoms with Gasteiger partial charge in [-0.3, -0.25) is 0 Å². The van der Waals surface area contributed by atoms with Gasteiger partial charge in [-0.05, 0) is 5.56 Å². The molecule has 0 unspecified atom stereocenters. The van der Waals surface area contributed by atoms with Crippen LogP contribution in [0, 0.1) is 0 Å². The van der Waals surface area contributed by atoms with Crippen molar-refractivity contribution in [2.24, 2.45) is 0 Å². The van der Waals surface area contributed by atoms with Crippen LogP contribution in [0.4, 0.5) is 8.78 Å². The van der Waals surface area contributed by atoms with Gasteiger partial charge in [-0.2, -0.15) is 0 Å². The summed E-state index contributed by atoms with van der Waals surface area (Å²) in [4.78, 5) is 0. The van der Waals surface area contributed by atoms with Crippen LogP contribution < -0.4 is 0 Å². The number of halogens is 2. The Labute approximate surface area is 96.5 Å². The van der Waals surface area contributed by atoms with E-state index in [0.29, 0.717) is 0 Å². The summed E-state index contributed by atoms with van der Waals surface area (Å²) in [6, 6.07) is 9.12. The first kappa shape index (κ1) is 11.7. The van der Waals surface area contributed by atoms with Crippen molar-refractivity contribution >= 4 is 0 Å². The van der Waals surface area contributed by atoms with Crippen LogP contribution in [0.3, 0.4) is 0 Å². The van der Waals surface area contributed by atoms with E-state index < -0.39 is 13.0 Å². The summed E-state index contributed by atoms with van der Waals surface area (Å²) in [5.41, 5.74) is 0.455. The van der Waals surface area contributed by atoms with E-state index in [1.165, 1.54) is 0 Å². The predicted octanol–water partition coefficient (Wildman–Crippen LogP) is 1.76. The molecule has 90 valence electrons. The standard InChI is InChI=1S/C11H11F2N3O/c12-11(13)10-9(7-17)14-15-16(10)6-8-4-2-1-3-5-8/h1-5,11,17H,6-7H2. The molecule has 0 spiro atoms. The molecule has 17 heavy (non-hydrogen) atoms. The van der Waals surface area contributed by atoms with Crippen molar-refractivity contribution in [2.75, 3.05) is 0 Å². The third-order valence-corrected chi connectivity index (χ3v) is 2.38. The molecule has 6 heteroatoms. The fraction of sp³-hybridized carbons (Fsp3) is 0.273. The van der Waals surface area contributed by atoms with E-state index in [1.54, 1.807) is 0 Å². The number of alkyl halides is 2. The second-order valence-corrected chi connectivity index (χ2v) is 3.52. The summed E-state index contributed by atoms with van der Waals surface area (Å²) < 4.78 is 26.7.